The Morgan fingerprint density at radius 3 is 2.65 bits per heavy atom. The number of furan rings is 1. The van der Waals surface area contributed by atoms with Gasteiger partial charge in [-0.15, -0.1) is 11.8 Å². The Balaban J connectivity index is 1.88. The molecule has 3 rings (SSSR count). The van der Waals surface area contributed by atoms with Crippen molar-refractivity contribution in [3.63, 3.8) is 0 Å². The number of cyclic esters (lactones) is 1. The van der Waals surface area contributed by atoms with E-state index in [0.717, 1.165) is 5.56 Å². The van der Waals surface area contributed by atoms with Crippen LogP contribution in [-0.2, 0) is 9.53 Å². The van der Waals surface area contributed by atoms with Crippen LogP contribution < -0.4 is 0 Å². The molecule has 100 valence electrons. The summed E-state index contributed by atoms with van der Waals surface area (Å²) in [4.78, 5) is 17.1. The molecule has 1 aliphatic rings. The second kappa shape index (κ2) is 5.38. The highest BCUT2D eigenvalue weighted by Gasteiger charge is 2.25. The highest BCUT2D eigenvalue weighted by Crippen LogP contribution is 2.21. The van der Waals surface area contributed by atoms with Crippen molar-refractivity contribution in [2.45, 2.75) is 4.90 Å². The Kier molecular flexibility index (Phi) is 3.43. The molecular formula is C15H11NO3S. The van der Waals surface area contributed by atoms with Crippen LogP contribution in [0, 0.1) is 0 Å². The minimum Gasteiger partial charge on any atom is -0.459 e. The number of carbonyl (C=O) groups excluding carboxylic acids is 1. The van der Waals surface area contributed by atoms with Gasteiger partial charge in [-0.05, 0) is 42.2 Å². The van der Waals surface area contributed by atoms with Crippen LogP contribution in [0.25, 0.3) is 6.08 Å². The molecule has 4 nitrogen and oxygen atoms in total. The van der Waals surface area contributed by atoms with Gasteiger partial charge in [0.05, 0.1) is 6.26 Å². The summed E-state index contributed by atoms with van der Waals surface area (Å²) in [7, 11) is 0. The largest absolute Gasteiger partial charge is 0.459 e. The lowest BCUT2D eigenvalue weighted by Gasteiger charge is -1.97. The molecule has 2 heterocycles. The summed E-state index contributed by atoms with van der Waals surface area (Å²) in [5.74, 6) is 0.178. The first-order chi connectivity index (χ1) is 9.76. The summed E-state index contributed by atoms with van der Waals surface area (Å²) in [6.07, 6.45) is 5.22. The van der Waals surface area contributed by atoms with Gasteiger partial charge in [0.1, 0.15) is 0 Å². The summed E-state index contributed by atoms with van der Waals surface area (Å²) in [5, 5.41) is 0. The lowest BCUT2D eigenvalue weighted by atomic mass is 10.2. The van der Waals surface area contributed by atoms with Gasteiger partial charge in [-0.2, -0.15) is 0 Å². The first-order valence-corrected chi connectivity index (χ1v) is 7.19. The number of rotatable bonds is 3. The second-order valence-electron chi connectivity index (χ2n) is 4.09. The molecule has 0 bridgehead atoms. The van der Waals surface area contributed by atoms with Gasteiger partial charge in [-0.3, -0.25) is 0 Å². The fourth-order valence-corrected chi connectivity index (χ4v) is 2.18. The highest BCUT2D eigenvalue weighted by atomic mass is 32.2. The predicted molar refractivity (Wildman–Crippen MR) is 77.5 cm³/mol. The Bertz CT molecular complexity index is 684. The summed E-state index contributed by atoms with van der Waals surface area (Å²) in [6.45, 7) is 0. The Morgan fingerprint density at radius 1 is 1.20 bits per heavy atom. The van der Waals surface area contributed by atoms with Crippen LogP contribution in [0.5, 0.6) is 0 Å². The van der Waals surface area contributed by atoms with Gasteiger partial charge in [0, 0.05) is 4.90 Å². The van der Waals surface area contributed by atoms with Gasteiger partial charge in [0.25, 0.3) is 5.90 Å². The maximum absolute atomic E-state index is 11.8. The predicted octanol–water partition coefficient (Wildman–Crippen LogP) is 3.35. The van der Waals surface area contributed by atoms with E-state index in [9.17, 15) is 4.79 Å². The molecule has 2 aromatic rings. The van der Waals surface area contributed by atoms with Crippen LogP contribution in [-0.4, -0.2) is 18.1 Å². The molecule has 0 N–H and O–H groups in total. The molecule has 1 aromatic heterocycles. The van der Waals surface area contributed by atoms with Crippen molar-refractivity contribution in [3.05, 3.63) is 59.7 Å². The van der Waals surface area contributed by atoms with Crippen molar-refractivity contribution in [1.82, 2.24) is 0 Å². The lowest BCUT2D eigenvalue weighted by molar-refractivity contribution is -0.130. The summed E-state index contributed by atoms with van der Waals surface area (Å²) in [6, 6.07) is 11.3. The Morgan fingerprint density at radius 2 is 2.00 bits per heavy atom. The van der Waals surface area contributed by atoms with Gasteiger partial charge < -0.3 is 9.15 Å². The fraction of sp³-hybridized carbons (Fsp3) is 0.0667. The molecule has 0 unspecified atom stereocenters. The quantitative estimate of drug-likeness (QED) is 0.493. The number of hydrogen-bond donors (Lipinski definition) is 0. The van der Waals surface area contributed by atoms with Crippen LogP contribution in [0.4, 0.5) is 0 Å². The third-order valence-electron chi connectivity index (χ3n) is 2.77. The number of esters is 1. The van der Waals surface area contributed by atoms with E-state index in [1.54, 1.807) is 30.0 Å². The molecule has 0 atom stereocenters. The SMILES string of the molecule is CSc1ccc(/C=C2/N=C(c3ccco3)OC2=O)cc1. The molecule has 5 heteroatoms. The summed E-state index contributed by atoms with van der Waals surface area (Å²) >= 11 is 1.67. The van der Waals surface area contributed by atoms with E-state index in [2.05, 4.69) is 4.99 Å². The monoisotopic (exact) mass is 285 g/mol. The van der Waals surface area contributed by atoms with E-state index < -0.39 is 5.97 Å². The smallest absolute Gasteiger partial charge is 0.363 e. The highest BCUT2D eigenvalue weighted by molar-refractivity contribution is 7.98. The fourth-order valence-electron chi connectivity index (χ4n) is 1.77. The standard InChI is InChI=1S/C15H11NO3S/c1-20-11-6-4-10(5-7-11)9-12-15(17)19-14(16-12)13-3-2-8-18-13/h2-9H,1H3/b12-9+. The molecule has 0 fully saturated rings. The molecule has 0 amide bonds. The zero-order valence-electron chi connectivity index (χ0n) is 10.7. The molecule has 0 saturated carbocycles. The van der Waals surface area contributed by atoms with Gasteiger partial charge in [-0.1, -0.05) is 12.1 Å². The van der Waals surface area contributed by atoms with Crippen LogP contribution in [0.15, 0.2) is 62.7 Å². The first-order valence-electron chi connectivity index (χ1n) is 5.97. The van der Waals surface area contributed by atoms with E-state index >= 15 is 0 Å². The summed E-state index contributed by atoms with van der Waals surface area (Å²) < 4.78 is 10.2. The number of nitrogens with zero attached hydrogens (tertiary/aromatic N) is 1. The lowest BCUT2D eigenvalue weighted by Crippen LogP contribution is -2.04. The number of aliphatic imine (C=N–C) groups is 1. The van der Waals surface area contributed by atoms with E-state index in [4.69, 9.17) is 9.15 Å². The first kappa shape index (κ1) is 12.7. The maximum Gasteiger partial charge on any atom is 0.363 e. The number of benzene rings is 1. The molecule has 0 spiro atoms. The molecule has 20 heavy (non-hydrogen) atoms. The van der Waals surface area contributed by atoms with Gasteiger partial charge >= 0.3 is 5.97 Å². The molecule has 1 aromatic carbocycles. The second-order valence-corrected chi connectivity index (χ2v) is 4.97. The van der Waals surface area contributed by atoms with E-state index in [0.29, 0.717) is 5.76 Å². The maximum atomic E-state index is 11.8. The Labute approximate surface area is 120 Å². The van der Waals surface area contributed by atoms with Crippen molar-refractivity contribution in [2.75, 3.05) is 6.26 Å². The van der Waals surface area contributed by atoms with Crippen LogP contribution in [0.2, 0.25) is 0 Å². The van der Waals surface area contributed by atoms with Crippen molar-refractivity contribution in [2.24, 2.45) is 4.99 Å². The van der Waals surface area contributed by atoms with E-state index in [1.807, 2.05) is 30.5 Å². The van der Waals surface area contributed by atoms with E-state index in [1.165, 1.54) is 11.2 Å². The normalized spacial score (nSPS) is 16.4. The third kappa shape index (κ3) is 2.53. The Hall–Kier alpha value is -2.27. The van der Waals surface area contributed by atoms with Crippen molar-refractivity contribution in [1.29, 1.82) is 0 Å². The minimum atomic E-state index is -0.467. The van der Waals surface area contributed by atoms with Crippen molar-refractivity contribution < 1.29 is 13.9 Å². The van der Waals surface area contributed by atoms with Crippen molar-refractivity contribution >= 4 is 29.7 Å². The molecule has 0 saturated heterocycles. The third-order valence-corrected chi connectivity index (χ3v) is 3.52. The molecule has 0 radical (unpaired) electrons. The average Bonchev–Trinajstić information content (AvgIpc) is 3.10. The van der Waals surface area contributed by atoms with Gasteiger partial charge in [0.15, 0.2) is 11.5 Å². The zero-order chi connectivity index (χ0) is 13.9. The molecule has 0 aliphatic carbocycles. The topological polar surface area (TPSA) is 51.8 Å². The number of thioether (sulfide) groups is 1. The van der Waals surface area contributed by atoms with Crippen LogP contribution in [0.1, 0.15) is 11.3 Å². The van der Waals surface area contributed by atoms with Crippen LogP contribution >= 0.6 is 11.8 Å². The van der Waals surface area contributed by atoms with Crippen LogP contribution in [0.3, 0.4) is 0 Å². The van der Waals surface area contributed by atoms with Gasteiger partial charge in [-0.25, -0.2) is 9.79 Å². The summed E-state index contributed by atoms with van der Waals surface area (Å²) in [5.41, 5.74) is 1.17. The van der Waals surface area contributed by atoms with Gasteiger partial charge in [0.2, 0.25) is 0 Å². The van der Waals surface area contributed by atoms with E-state index in [-0.39, 0.29) is 11.6 Å². The average molecular weight is 285 g/mol. The zero-order valence-corrected chi connectivity index (χ0v) is 11.5. The minimum absolute atomic E-state index is 0.201. The number of hydrogen-bond acceptors (Lipinski definition) is 5. The van der Waals surface area contributed by atoms with Crippen molar-refractivity contribution in [3.8, 4) is 0 Å². The molecular weight excluding hydrogens is 274 g/mol. The number of carbonyl (C=O) groups is 1. The number of ether oxygens (including phenoxy) is 1. The molecule has 1 aliphatic heterocycles.